The Hall–Kier alpha value is -2.48. The van der Waals surface area contributed by atoms with Gasteiger partial charge in [0.25, 0.3) is 0 Å². The second-order valence-corrected chi connectivity index (χ2v) is 13.8. The molecule has 0 aromatic carbocycles. The number of hydrogen-bond donors (Lipinski definition) is 3. The van der Waals surface area contributed by atoms with Gasteiger partial charge in [0.1, 0.15) is 17.2 Å². The molecule has 0 fully saturated rings. The second-order valence-electron chi connectivity index (χ2n) is 11.3. The molecule has 10 nitrogen and oxygen atoms in total. The number of nitrogens with zero attached hydrogens (tertiary/aromatic N) is 2. The molecule has 14 heteroatoms. The van der Waals surface area contributed by atoms with E-state index in [0.29, 0.717) is 5.69 Å². The summed E-state index contributed by atoms with van der Waals surface area (Å²) in [4.78, 5) is 32.5. The van der Waals surface area contributed by atoms with E-state index in [0.717, 1.165) is 12.4 Å². The van der Waals surface area contributed by atoms with Gasteiger partial charge < -0.3 is 19.9 Å². The van der Waals surface area contributed by atoms with Crippen LogP contribution in [0.5, 0.6) is 0 Å². The molecule has 218 valence electrons. The topological polar surface area (TPSA) is 152 Å². The molecule has 0 radical (unpaired) electrons. The van der Waals surface area contributed by atoms with Gasteiger partial charge in [0.15, 0.2) is 0 Å². The molecule has 0 saturated carbocycles. The number of alkyl carbamates (subject to hydrolysis) is 1. The maximum absolute atomic E-state index is 13.9. The number of rotatable bonds is 10. The molecule has 1 aromatic rings. The van der Waals surface area contributed by atoms with Crippen molar-refractivity contribution >= 4 is 21.8 Å². The molecule has 0 aliphatic rings. The molecule has 1 aromatic heterocycles. The molecule has 1 heterocycles. The van der Waals surface area contributed by atoms with Crippen LogP contribution in [0.1, 0.15) is 85.5 Å². The molecule has 0 aliphatic carbocycles. The number of ether oxygens (including phenoxy) is 2. The number of alkyl halides is 3. The first-order valence-electron chi connectivity index (χ1n) is 12.0. The minimum absolute atomic E-state index is 0.102. The van der Waals surface area contributed by atoms with Gasteiger partial charge in [-0.2, -0.15) is 13.2 Å². The Morgan fingerprint density at radius 3 is 2.00 bits per heavy atom. The quantitative estimate of drug-likeness (QED) is 0.351. The molecule has 1 amide bonds. The van der Waals surface area contributed by atoms with Gasteiger partial charge >= 0.3 is 18.2 Å². The van der Waals surface area contributed by atoms with Crippen LogP contribution in [0.25, 0.3) is 0 Å². The van der Waals surface area contributed by atoms with Crippen molar-refractivity contribution in [2.75, 3.05) is 11.5 Å². The van der Waals surface area contributed by atoms with Gasteiger partial charge in [-0.1, -0.05) is 13.8 Å². The third kappa shape index (κ3) is 10.7. The van der Waals surface area contributed by atoms with Crippen LogP contribution in [0, 0.1) is 4.78 Å². The highest BCUT2D eigenvalue weighted by Crippen LogP contribution is 2.41. The molecule has 3 N–H and O–H groups in total. The predicted molar refractivity (Wildman–Crippen MR) is 135 cm³/mol. The fourth-order valence-corrected chi connectivity index (χ4v) is 4.50. The van der Waals surface area contributed by atoms with Crippen LogP contribution in [0.15, 0.2) is 12.4 Å². The maximum Gasteiger partial charge on any atom is 0.423 e. The smallest absolute Gasteiger partial charge is 0.423 e. The largest absolute Gasteiger partial charge is 0.458 e. The number of nitrogens with one attached hydrogen (secondary N) is 2. The van der Waals surface area contributed by atoms with Gasteiger partial charge in [-0.3, -0.25) is 14.7 Å². The first kappa shape index (κ1) is 33.5. The zero-order valence-corrected chi connectivity index (χ0v) is 23.9. The van der Waals surface area contributed by atoms with Crippen LogP contribution in [-0.4, -0.2) is 66.3 Å². The number of carbonyl (C=O) groups excluding carboxylic acids is 2. The fourth-order valence-electron chi connectivity index (χ4n) is 3.06. The minimum Gasteiger partial charge on any atom is -0.458 e. The Labute approximate surface area is 222 Å². The van der Waals surface area contributed by atoms with E-state index in [9.17, 15) is 32.1 Å². The van der Waals surface area contributed by atoms with Crippen molar-refractivity contribution in [2.45, 2.75) is 103 Å². The van der Waals surface area contributed by atoms with E-state index in [4.69, 9.17) is 14.3 Å². The fraction of sp³-hybridized carbons (Fsp3) is 0.750. The molecule has 1 rings (SSSR count). The Kier molecular flexibility index (Phi) is 10.7. The number of aromatic nitrogens is 2. The predicted octanol–water partition coefficient (Wildman–Crippen LogP) is 4.41. The highest BCUT2D eigenvalue weighted by molar-refractivity contribution is 7.92. The third-order valence-electron chi connectivity index (χ3n) is 5.07. The zero-order chi connectivity index (χ0) is 29.7. The van der Waals surface area contributed by atoms with Gasteiger partial charge in [0.2, 0.25) is 5.60 Å². The number of amides is 1. The number of hydrogen-bond acceptors (Lipinski definition) is 9. The number of halogens is 3. The Morgan fingerprint density at radius 1 is 1.03 bits per heavy atom. The monoisotopic (exact) mass is 568 g/mol. The van der Waals surface area contributed by atoms with Crippen molar-refractivity contribution in [3.05, 3.63) is 23.8 Å². The standard InChI is InChI=1S/C24H39F3N4O6S/c1-15(2)17-13-30-18(14-29-17)23(34,24(25,26)27)10-12-38(28,35)11-9-16(19(32)36-21(3,4)5)31-20(33)37-22(6,7)8/h13-16,28,34H,9-12H2,1-8H3,(H,31,33)/t16-,23?,38?/m0/s1. The molecule has 0 spiro atoms. The number of aliphatic hydroxyl groups is 1. The molecule has 0 aliphatic heterocycles. The average Bonchev–Trinajstić information content (AvgIpc) is 2.71. The Bertz CT molecular complexity index is 1060. The van der Waals surface area contributed by atoms with Crippen molar-refractivity contribution < 1.29 is 41.5 Å². The van der Waals surface area contributed by atoms with Crippen molar-refractivity contribution in [1.29, 1.82) is 4.78 Å². The van der Waals surface area contributed by atoms with E-state index in [-0.39, 0.29) is 12.3 Å². The lowest BCUT2D eigenvalue weighted by molar-refractivity contribution is -0.269. The van der Waals surface area contributed by atoms with E-state index < -0.39 is 74.4 Å². The molecule has 0 saturated heterocycles. The third-order valence-corrected chi connectivity index (χ3v) is 6.83. The van der Waals surface area contributed by atoms with E-state index >= 15 is 0 Å². The lowest BCUT2D eigenvalue weighted by Gasteiger charge is -2.30. The Morgan fingerprint density at radius 2 is 1.58 bits per heavy atom. The molecule has 2 unspecified atom stereocenters. The summed E-state index contributed by atoms with van der Waals surface area (Å²) in [6, 6.07) is -1.37. The molecule has 38 heavy (non-hydrogen) atoms. The van der Waals surface area contributed by atoms with Gasteiger partial charge in [0, 0.05) is 33.9 Å². The van der Waals surface area contributed by atoms with Gasteiger partial charge in [0.05, 0.1) is 17.6 Å². The summed E-state index contributed by atoms with van der Waals surface area (Å²) in [5, 5.41) is 12.9. The van der Waals surface area contributed by atoms with Crippen molar-refractivity contribution in [3.8, 4) is 0 Å². The van der Waals surface area contributed by atoms with E-state index in [1.165, 1.54) is 0 Å². The van der Waals surface area contributed by atoms with Gasteiger partial charge in [-0.25, -0.2) is 13.8 Å². The second kappa shape index (κ2) is 12.1. The van der Waals surface area contributed by atoms with Gasteiger partial charge in [-0.05, 0) is 53.9 Å². The lowest BCUT2D eigenvalue weighted by atomic mass is 9.96. The molecular weight excluding hydrogens is 529 g/mol. The summed E-state index contributed by atoms with van der Waals surface area (Å²) < 4.78 is 73.1. The van der Waals surface area contributed by atoms with Crippen LogP contribution in [0.3, 0.4) is 0 Å². The van der Waals surface area contributed by atoms with Crippen molar-refractivity contribution in [1.82, 2.24) is 15.3 Å². The lowest BCUT2D eigenvalue weighted by Crippen LogP contribution is -2.47. The zero-order valence-electron chi connectivity index (χ0n) is 23.1. The molecule has 0 bridgehead atoms. The number of esters is 1. The van der Waals surface area contributed by atoms with Crippen LogP contribution in [-0.2, 0) is 29.6 Å². The van der Waals surface area contributed by atoms with Crippen molar-refractivity contribution in [3.63, 3.8) is 0 Å². The average molecular weight is 569 g/mol. The summed E-state index contributed by atoms with van der Waals surface area (Å²) in [7, 11) is -3.76. The summed E-state index contributed by atoms with van der Waals surface area (Å²) >= 11 is 0. The van der Waals surface area contributed by atoms with Gasteiger partial charge in [-0.15, -0.1) is 0 Å². The summed E-state index contributed by atoms with van der Waals surface area (Å²) in [6.07, 6.45) is -5.69. The molecular formula is C24H39F3N4O6S. The van der Waals surface area contributed by atoms with E-state index in [1.807, 2.05) is 0 Å². The summed E-state index contributed by atoms with van der Waals surface area (Å²) in [5.74, 6) is -2.40. The summed E-state index contributed by atoms with van der Waals surface area (Å²) in [5.41, 5.74) is -5.65. The minimum atomic E-state index is -5.19. The Balaban J connectivity index is 3.07. The molecule has 3 atom stereocenters. The maximum atomic E-state index is 13.9. The highest BCUT2D eigenvalue weighted by Gasteiger charge is 2.56. The first-order valence-corrected chi connectivity index (χ1v) is 13.9. The first-order chi connectivity index (χ1) is 17.0. The van der Waals surface area contributed by atoms with Crippen LogP contribution < -0.4 is 5.32 Å². The van der Waals surface area contributed by atoms with Crippen LogP contribution in [0.4, 0.5) is 18.0 Å². The van der Waals surface area contributed by atoms with E-state index in [1.54, 1.807) is 55.4 Å². The summed E-state index contributed by atoms with van der Waals surface area (Å²) in [6.45, 7) is 13.2. The SMILES string of the molecule is CC(C)c1cnc(C(O)(CCS(=N)(=O)CC[C@H](NC(=O)OC(C)(C)C)C(=O)OC(C)(C)C)C(F)(F)F)cn1. The van der Waals surface area contributed by atoms with Crippen LogP contribution in [0.2, 0.25) is 0 Å². The van der Waals surface area contributed by atoms with Crippen molar-refractivity contribution in [2.24, 2.45) is 0 Å². The normalized spacial score (nSPS) is 16.8. The number of carbonyl (C=O) groups is 2. The van der Waals surface area contributed by atoms with E-state index in [2.05, 4.69) is 15.3 Å². The highest BCUT2D eigenvalue weighted by atomic mass is 32.2. The van der Waals surface area contributed by atoms with Crippen LogP contribution >= 0.6 is 0 Å².